The normalized spacial score (nSPS) is 11.7. The number of fused-ring (bicyclic) bond motifs is 40. The van der Waals surface area contributed by atoms with Gasteiger partial charge in [0.2, 0.25) is 0 Å². The van der Waals surface area contributed by atoms with Gasteiger partial charge in [-0.1, -0.05) is 160 Å². The summed E-state index contributed by atoms with van der Waals surface area (Å²) in [6.45, 7) is 32.8. The third-order valence-electron chi connectivity index (χ3n) is 26.2. The van der Waals surface area contributed by atoms with Gasteiger partial charge in [0.25, 0.3) is 0 Å². The Hall–Kier alpha value is -13.1. The Morgan fingerprint density at radius 2 is 0.381 bits per heavy atom. The van der Waals surface area contributed by atoms with Crippen molar-refractivity contribution in [2.24, 2.45) is 0 Å². The van der Waals surface area contributed by atoms with Crippen LogP contribution in [-0.2, 0) is 39.0 Å². The summed E-state index contributed by atoms with van der Waals surface area (Å²) in [6, 6.07) is 29.2. The van der Waals surface area contributed by atoms with E-state index in [0.717, 1.165) is 160 Å². The molecule has 0 fully saturated rings. The maximum Gasteiger partial charge on any atom is 2.00 e. The van der Waals surface area contributed by atoms with E-state index in [2.05, 4.69) is 83.1 Å². The molecule has 6 aromatic heterocycles. The van der Waals surface area contributed by atoms with Crippen molar-refractivity contribution in [2.45, 2.75) is 244 Å². The van der Waals surface area contributed by atoms with Crippen molar-refractivity contribution in [3.63, 3.8) is 0 Å². The van der Waals surface area contributed by atoms with Crippen molar-refractivity contribution in [1.29, 1.82) is 0 Å². The van der Waals surface area contributed by atoms with Crippen LogP contribution in [0.3, 0.4) is 0 Å². The topological polar surface area (TPSA) is 340 Å². The summed E-state index contributed by atoms with van der Waals surface area (Å²) in [5.41, 5.74) is 8.29. The van der Waals surface area contributed by atoms with Crippen LogP contribution in [0.1, 0.15) is 243 Å². The molecule has 0 amide bonds. The third kappa shape index (κ3) is 22.7. The van der Waals surface area contributed by atoms with Crippen LogP contribution in [0.5, 0.6) is 80.5 Å². The standard InChI is InChI=1S/C115H132N16O14.2Zn/c1-16-28-44-134-83-56-70-71(57-84(83)135-45-29-17-2)104-118-102(70)116-100-68-40-42-81(132-14)97(95(68)114(126-100)129-110-78-64-91(142-52-36-24-9)88(139-49-33-21-6)61-75(78)107(123-110)121-106-73-59-86(137-47-31-19-4)85(136-46-30-18-3)58-72(73)105(119-104)120-106)98-82(133-15)43-41-69-96(98)115-127-101(69)117-103-74-60-87(138-48-32-20-5)90(141-51-35-23-8)63-77(74)109(122-103)128-113-94-67(13)99(145-55-39-27-12)93(144-54-38-26-11)66-80(94)112(131-113)125-108-76-62-89(140-50-34-22-7)92(143-53-37-25-10)65-79(76)111(124-108)130-115;;/h40-43,56-66H,16-39,44-55H2,1-15H3;;/q-4;2*+2. The molecule has 0 atom stereocenters. The molecule has 0 unspecified atom stereocenters. The fraction of sp³-hybridized carbons (Fsp3) is 0.443. The fourth-order valence-electron chi connectivity index (χ4n) is 18.0. The molecule has 0 aliphatic carbocycles. The first kappa shape index (κ1) is 107. The molecule has 0 N–H and O–H groups in total. The zero-order chi connectivity index (χ0) is 101. The van der Waals surface area contributed by atoms with Crippen LogP contribution >= 0.6 is 0 Å². The van der Waals surface area contributed by atoms with E-state index in [-0.39, 0.29) is 102 Å². The Balaban J connectivity index is 0.00000772. The zero-order valence-electron chi connectivity index (χ0n) is 87.9. The van der Waals surface area contributed by atoms with Crippen molar-refractivity contribution in [2.75, 3.05) is 93.5 Å². The molecule has 8 aromatic carbocycles. The van der Waals surface area contributed by atoms with Crippen LogP contribution in [-0.4, -0.2) is 153 Å². The van der Waals surface area contributed by atoms with E-state index in [1.54, 1.807) is 14.2 Å². The molecule has 0 saturated carbocycles. The van der Waals surface area contributed by atoms with E-state index in [1.807, 2.05) is 97.9 Å². The van der Waals surface area contributed by atoms with Crippen molar-refractivity contribution < 1.29 is 105 Å². The number of hydrogen-bond donors (Lipinski definition) is 0. The van der Waals surface area contributed by atoms with Gasteiger partial charge >= 0.3 is 39.0 Å². The van der Waals surface area contributed by atoms with Gasteiger partial charge in [0.05, 0.1) is 140 Å². The molecule has 10 heterocycles. The fourth-order valence-corrected chi connectivity index (χ4v) is 18.0. The molecule has 32 heteroatoms. The number of methoxy groups -OCH3 is 2. The molecular formula is C115H132N16O14Zn2. The van der Waals surface area contributed by atoms with Crippen molar-refractivity contribution >= 4 is 88.3 Å². The molecule has 0 saturated heterocycles. The quantitative estimate of drug-likeness (QED) is 0.0252. The molecule has 30 nitrogen and oxygen atoms in total. The van der Waals surface area contributed by atoms with Gasteiger partial charge in [0.1, 0.15) is 11.5 Å². The van der Waals surface area contributed by atoms with Crippen LogP contribution in [0.2, 0.25) is 0 Å². The first-order chi connectivity index (χ1) is 71.2. The third-order valence-corrected chi connectivity index (χ3v) is 26.2. The first-order valence-corrected chi connectivity index (χ1v) is 52.7. The molecule has 0 radical (unpaired) electrons. The maximum absolute atomic E-state index is 6.84. The Kier molecular flexibility index (Phi) is 36.4. The van der Waals surface area contributed by atoms with E-state index in [9.17, 15) is 0 Å². The molecule has 4 aliphatic rings. The van der Waals surface area contributed by atoms with Crippen LogP contribution in [0, 0.1) is 6.92 Å². The van der Waals surface area contributed by atoms with Gasteiger partial charge in [-0.3, -0.25) is 0 Å². The summed E-state index contributed by atoms with van der Waals surface area (Å²) in [6.07, 6.45) is 20.4. The van der Waals surface area contributed by atoms with E-state index < -0.39 is 0 Å². The van der Waals surface area contributed by atoms with E-state index in [4.69, 9.17) is 146 Å². The summed E-state index contributed by atoms with van der Waals surface area (Å²) in [4.78, 5) is 90.0. The van der Waals surface area contributed by atoms with Crippen molar-refractivity contribution in [1.82, 2.24) is 79.7 Å². The number of nitrogens with zero attached hydrogens (tertiary/aromatic N) is 16. The van der Waals surface area contributed by atoms with Gasteiger partial charge in [0.15, 0.2) is 69.0 Å². The van der Waals surface area contributed by atoms with Crippen LogP contribution < -0.4 is 86.3 Å². The van der Waals surface area contributed by atoms with Gasteiger partial charge in [-0.15, -0.1) is 0 Å². The minimum absolute atomic E-state index is 0. The van der Waals surface area contributed by atoms with E-state index in [0.29, 0.717) is 287 Å². The number of unbranched alkanes of at least 4 members (excludes halogenated alkanes) is 12. The van der Waals surface area contributed by atoms with Gasteiger partial charge in [-0.25, -0.2) is 19.9 Å². The Morgan fingerprint density at radius 1 is 0.190 bits per heavy atom. The summed E-state index contributed by atoms with van der Waals surface area (Å²) in [5.74, 6) is 9.10. The van der Waals surface area contributed by atoms with Crippen molar-refractivity contribution in [3.8, 4) is 183 Å². The second kappa shape index (κ2) is 50.1. The van der Waals surface area contributed by atoms with Gasteiger partial charge < -0.3 is 126 Å². The summed E-state index contributed by atoms with van der Waals surface area (Å²) in [7, 11) is 3.27. The second-order valence-electron chi connectivity index (χ2n) is 37.0. The SMILES string of the molecule is CCCCOc1cc2c(cc1OCCCC)-c1nc-2nc2[n-]c(nc3nc(nc4[n-]c(n1)c1cc(OCCCC)c(OCCCC)cc41)-c1c-3ccc(OC)c1-c1c(OC)ccc3c1-c1nc-3nc3[n-]c(nc4nc(nc5[n-]c(n1)c1cc(OCCCC)c(OCCCC)cc51)-c1cc(OCCCC)c(OCCCC)c(C)c1-4)c1cc(OCCCC)c(OCCCC)cc31)c1cc(OCCCC)c(OCCCC)cc21.[Zn+2].[Zn+2]. The predicted molar refractivity (Wildman–Crippen MR) is 570 cm³/mol. The zero-order valence-corrected chi connectivity index (χ0v) is 93.8. The summed E-state index contributed by atoms with van der Waals surface area (Å²) < 4.78 is 94.8. The number of rotatable bonds is 51. The first-order valence-electron chi connectivity index (χ1n) is 52.7. The molecule has 18 rings (SSSR count). The molecule has 16 bridgehead atoms. The van der Waals surface area contributed by atoms with Crippen LogP contribution in [0.15, 0.2) is 91.0 Å². The Morgan fingerprint density at radius 3 is 0.619 bits per heavy atom. The summed E-state index contributed by atoms with van der Waals surface area (Å²) >= 11 is 0. The molecular weight excluding hydrogens is 1960 g/mol. The molecule has 14 aromatic rings. The van der Waals surface area contributed by atoms with E-state index >= 15 is 0 Å². The van der Waals surface area contributed by atoms with Gasteiger partial charge in [0, 0.05) is 106 Å². The molecule has 0 spiro atoms. The van der Waals surface area contributed by atoms with Crippen LogP contribution in [0.4, 0.5) is 0 Å². The number of aromatic nitrogens is 16. The maximum atomic E-state index is 6.84. The average Bonchev–Trinajstić information content (AvgIpc) is 1.50. The summed E-state index contributed by atoms with van der Waals surface area (Å²) in [5, 5.41) is 4.72. The minimum Gasteiger partial charge on any atom is -0.496 e. The largest absolute Gasteiger partial charge is 2.00 e. The molecule has 4 aliphatic heterocycles. The average molecular weight is 2090 g/mol. The monoisotopic (exact) mass is 2090 g/mol. The molecule has 760 valence electrons. The van der Waals surface area contributed by atoms with E-state index in [1.165, 1.54) is 0 Å². The number of hydrogen-bond acceptors (Lipinski definition) is 26. The predicted octanol–water partition coefficient (Wildman–Crippen LogP) is 26.7. The Bertz CT molecular complexity index is 7440. The van der Waals surface area contributed by atoms with Crippen molar-refractivity contribution in [3.05, 3.63) is 96.6 Å². The van der Waals surface area contributed by atoms with Crippen LogP contribution in [0.25, 0.3) is 190 Å². The second-order valence-corrected chi connectivity index (χ2v) is 37.0. The van der Waals surface area contributed by atoms with Gasteiger partial charge in [-0.2, -0.15) is 0 Å². The number of ether oxygens (including phenoxy) is 14. The minimum atomic E-state index is 0. The number of benzene rings is 8. The van der Waals surface area contributed by atoms with Gasteiger partial charge in [-0.05, 0) is 218 Å². The molecule has 147 heavy (non-hydrogen) atoms. The Labute approximate surface area is 884 Å². The smallest absolute Gasteiger partial charge is 0.496 e.